The summed E-state index contributed by atoms with van der Waals surface area (Å²) in [6.07, 6.45) is 0. The van der Waals surface area contributed by atoms with Gasteiger partial charge in [-0.3, -0.25) is 4.40 Å². The van der Waals surface area contributed by atoms with Crippen LogP contribution >= 0.6 is 11.8 Å². The minimum absolute atomic E-state index is 0.135. The molecule has 0 atom stereocenters. The smallest absolute Gasteiger partial charge is 0.236 e. The van der Waals surface area contributed by atoms with Gasteiger partial charge in [0.2, 0.25) is 5.78 Å². The number of rotatable bonds is 3. The summed E-state index contributed by atoms with van der Waals surface area (Å²) >= 11 is 1.11. The normalized spacial score (nSPS) is 11.4. The summed E-state index contributed by atoms with van der Waals surface area (Å²) in [5.74, 6) is -0.557. The van der Waals surface area contributed by atoms with E-state index in [-0.39, 0.29) is 5.75 Å². The second kappa shape index (κ2) is 4.02. The fraction of sp³-hybridized carbons (Fsp3) is 0.182. The van der Waals surface area contributed by atoms with Crippen LogP contribution < -0.4 is 5.11 Å². The molecule has 0 aliphatic heterocycles. The number of carboxylic acids is 1. The lowest BCUT2D eigenvalue weighted by molar-refractivity contribution is -0.301. The van der Waals surface area contributed by atoms with Gasteiger partial charge in [0.25, 0.3) is 0 Å². The molecule has 0 aliphatic carbocycles. The van der Waals surface area contributed by atoms with Crippen molar-refractivity contribution in [1.29, 1.82) is 0 Å². The minimum Gasteiger partial charge on any atom is -0.549 e. The standard InChI is InChI=1S/C11H10N4O2S/c1-14-7-4-2-3-5-8(7)15-10(14)12-13-11(15)18-6-9(16)17/h2-5H,6H2,1H3,(H,16,17)/p-1. The molecule has 2 aromatic heterocycles. The molecule has 1 aromatic carbocycles. The molecule has 3 rings (SSSR count). The van der Waals surface area contributed by atoms with Gasteiger partial charge < -0.3 is 14.5 Å². The van der Waals surface area contributed by atoms with E-state index in [1.54, 1.807) is 0 Å². The molecule has 0 spiro atoms. The van der Waals surface area contributed by atoms with Crippen LogP contribution in [0.15, 0.2) is 29.4 Å². The Hall–Kier alpha value is -2.02. The molecule has 0 amide bonds. The highest BCUT2D eigenvalue weighted by Gasteiger charge is 2.14. The van der Waals surface area contributed by atoms with Crippen molar-refractivity contribution in [1.82, 2.24) is 19.2 Å². The molecule has 2 heterocycles. The number of aryl methyl sites for hydroxylation is 1. The van der Waals surface area contributed by atoms with Gasteiger partial charge in [0.15, 0.2) is 5.16 Å². The van der Waals surface area contributed by atoms with Crippen molar-refractivity contribution in [3.8, 4) is 0 Å². The van der Waals surface area contributed by atoms with Crippen LogP contribution in [0.3, 0.4) is 0 Å². The van der Waals surface area contributed by atoms with Crippen LogP contribution in [0.25, 0.3) is 16.8 Å². The number of hydrogen-bond acceptors (Lipinski definition) is 5. The van der Waals surface area contributed by atoms with Crippen LogP contribution in [0, 0.1) is 0 Å². The number of fused-ring (bicyclic) bond motifs is 3. The highest BCUT2D eigenvalue weighted by molar-refractivity contribution is 7.99. The van der Waals surface area contributed by atoms with Gasteiger partial charge >= 0.3 is 0 Å². The number of benzene rings is 1. The average molecular weight is 261 g/mol. The molecule has 0 radical (unpaired) electrons. The van der Waals surface area contributed by atoms with Gasteiger partial charge in [-0.2, -0.15) is 0 Å². The molecule has 0 N–H and O–H groups in total. The predicted octanol–water partition coefficient (Wildman–Crippen LogP) is 0.0630. The first-order chi connectivity index (χ1) is 8.68. The fourth-order valence-electron chi connectivity index (χ4n) is 1.95. The first-order valence-electron chi connectivity index (χ1n) is 5.29. The van der Waals surface area contributed by atoms with Crippen LogP contribution in [-0.4, -0.2) is 30.9 Å². The van der Waals surface area contributed by atoms with E-state index in [0.717, 1.165) is 22.8 Å². The number of carbonyl (C=O) groups excluding carboxylic acids is 1. The Balaban J connectivity index is 2.22. The van der Waals surface area contributed by atoms with Crippen molar-refractivity contribution in [3.05, 3.63) is 24.3 Å². The second-order valence-corrected chi connectivity index (χ2v) is 4.77. The van der Waals surface area contributed by atoms with Gasteiger partial charge in [-0.1, -0.05) is 23.9 Å². The number of carboxylic acid groups (broad SMARTS) is 1. The summed E-state index contributed by atoms with van der Waals surface area (Å²) in [6, 6.07) is 7.81. The zero-order valence-corrected chi connectivity index (χ0v) is 10.3. The lowest BCUT2D eigenvalue weighted by Gasteiger charge is -1.99. The summed E-state index contributed by atoms with van der Waals surface area (Å²) in [5.41, 5.74) is 1.98. The number of carbonyl (C=O) groups is 1. The fourth-order valence-corrected chi connectivity index (χ4v) is 2.61. The maximum Gasteiger partial charge on any atom is 0.236 e. The highest BCUT2D eigenvalue weighted by Crippen LogP contribution is 2.24. The molecule has 0 bridgehead atoms. The SMILES string of the molecule is Cn1c2ccccc2n2c(SCC(=O)[O-])nnc12. The first kappa shape index (κ1) is 11.1. The molecule has 18 heavy (non-hydrogen) atoms. The lowest BCUT2D eigenvalue weighted by Crippen LogP contribution is -2.24. The van der Waals surface area contributed by atoms with E-state index >= 15 is 0 Å². The van der Waals surface area contributed by atoms with Crippen LogP contribution in [0.5, 0.6) is 0 Å². The molecule has 92 valence electrons. The Morgan fingerprint density at radius 3 is 2.78 bits per heavy atom. The van der Waals surface area contributed by atoms with Crippen molar-refractivity contribution in [2.24, 2.45) is 7.05 Å². The molecule has 0 unspecified atom stereocenters. The summed E-state index contributed by atoms with van der Waals surface area (Å²) in [4.78, 5) is 10.5. The van der Waals surface area contributed by atoms with Gasteiger partial charge in [0.1, 0.15) is 0 Å². The molecular weight excluding hydrogens is 252 g/mol. The molecule has 0 saturated carbocycles. The third-order valence-corrected chi connectivity index (χ3v) is 3.62. The van der Waals surface area contributed by atoms with Crippen molar-refractivity contribution < 1.29 is 9.90 Å². The topological polar surface area (TPSA) is 75.2 Å². The lowest BCUT2D eigenvalue weighted by atomic mass is 10.3. The third-order valence-electron chi connectivity index (χ3n) is 2.72. The maximum atomic E-state index is 10.5. The number of aromatic nitrogens is 4. The summed E-state index contributed by atoms with van der Waals surface area (Å²) in [6.45, 7) is 0. The summed E-state index contributed by atoms with van der Waals surface area (Å²) in [5, 5.41) is 19.1. The summed E-state index contributed by atoms with van der Waals surface area (Å²) < 4.78 is 3.77. The zero-order valence-electron chi connectivity index (χ0n) is 9.53. The number of imidazole rings is 1. The van der Waals surface area contributed by atoms with E-state index in [9.17, 15) is 9.90 Å². The molecule has 0 fully saturated rings. The Morgan fingerprint density at radius 2 is 2.06 bits per heavy atom. The van der Waals surface area contributed by atoms with Crippen LogP contribution in [0.1, 0.15) is 0 Å². The molecule has 7 heteroatoms. The second-order valence-electron chi connectivity index (χ2n) is 3.83. The van der Waals surface area contributed by atoms with E-state index < -0.39 is 5.97 Å². The Labute approximate surface area is 106 Å². The van der Waals surface area contributed by atoms with Crippen molar-refractivity contribution in [2.45, 2.75) is 5.16 Å². The molecular formula is C11H9N4O2S-. The molecule has 0 aliphatic rings. The van der Waals surface area contributed by atoms with Crippen LogP contribution in [0.2, 0.25) is 0 Å². The van der Waals surface area contributed by atoms with E-state index in [0.29, 0.717) is 10.9 Å². The van der Waals surface area contributed by atoms with Gasteiger partial charge in [-0.15, -0.1) is 10.2 Å². The Bertz CT molecular complexity index is 746. The van der Waals surface area contributed by atoms with Crippen LogP contribution in [0.4, 0.5) is 0 Å². The number of thioether (sulfide) groups is 1. The Kier molecular flexibility index (Phi) is 2.48. The monoisotopic (exact) mass is 261 g/mol. The predicted molar refractivity (Wildman–Crippen MR) is 65.2 cm³/mol. The Morgan fingerprint density at radius 1 is 1.33 bits per heavy atom. The largest absolute Gasteiger partial charge is 0.549 e. The van der Waals surface area contributed by atoms with Crippen molar-refractivity contribution in [2.75, 3.05) is 5.75 Å². The first-order valence-corrected chi connectivity index (χ1v) is 6.28. The van der Waals surface area contributed by atoms with Gasteiger partial charge in [-0.25, -0.2) is 0 Å². The van der Waals surface area contributed by atoms with E-state index in [1.165, 1.54) is 0 Å². The van der Waals surface area contributed by atoms with Crippen molar-refractivity contribution in [3.63, 3.8) is 0 Å². The van der Waals surface area contributed by atoms with Gasteiger partial charge in [-0.05, 0) is 12.1 Å². The highest BCUT2D eigenvalue weighted by atomic mass is 32.2. The quantitative estimate of drug-likeness (QED) is 0.623. The average Bonchev–Trinajstić information content (AvgIpc) is 2.89. The van der Waals surface area contributed by atoms with Crippen LogP contribution in [-0.2, 0) is 11.8 Å². The molecule has 6 nitrogen and oxygen atoms in total. The minimum atomic E-state index is -1.11. The van der Waals surface area contributed by atoms with E-state index in [4.69, 9.17) is 0 Å². The number of para-hydroxylation sites is 2. The third kappa shape index (κ3) is 1.55. The van der Waals surface area contributed by atoms with E-state index in [1.807, 2.05) is 40.3 Å². The van der Waals surface area contributed by atoms with E-state index in [2.05, 4.69) is 10.2 Å². The number of nitrogens with zero attached hydrogens (tertiary/aromatic N) is 4. The molecule has 3 aromatic rings. The number of hydrogen-bond donors (Lipinski definition) is 0. The zero-order chi connectivity index (χ0) is 12.7. The summed E-state index contributed by atoms with van der Waals surface area (Å²) in [7, 11) is 1.90. The maximum absolute atomic E-state index is 10.5. The van der Waals surface area contributed by atoms with Gasteiger partial charge in [0, 0.05) is 12.8 Å². The van der Waals surface area contributed by atoms with Crippen molar-refractivity contribution >= 4 is 34.5 Å². The number of aliphatic carboxylic acids is 1. The molecule has 0 saturated heterocycles. The van der Waals surface area contributed by atoms with Gasteiger partial charge in [0.05, 0.1) is 17.0 Å².